The number of methoxy groups -OCH3 is 1. The van der Waals surface area contributed by atoms with Gasteiger partial charge in [0, 0.05) is 16.8 Å². The van der Waals surface area contributed by atoms with Gasteiger partial charge < -0.3 is 14.5 Å². The minimum atomic E-state index is -0.372. The Hall–Kier alpha value is -4.13. The monoisotopic (exact) mass is 398 g/mol. The fourth-order valence-corrected chi connectivity index (χ4v) is 3.46. The van der Waals surface area contributed by atoms with E-state index >= 15 is 0 Å². The third-order valence-electron chi connectivity index (χ3n) is 4.93. The van der Waals surface area contributed by atoms with Crippen molar-refractivity contribution in [1.82, 2.24) is 15.0 Å². The van der Waals surface area contributed by atoms with Crippen LogP contribution >= 0.6 is 0 Å². The van der Waals surface area contributed by atoms with Gasteiger partial charge in [0.2, 0.25) is 0 Å². The molecule has 2 aromatic heterocycles. The van der Waals surface area contributed by atoms with E-state index in [0.717, 1.165) is 22.0 Å². The fourth-order valence-electron chi connectivity index (χ4n) is 3.46. The molecular formula is C23H18N4O3. The number of carbonyl (C=O) groups excluding carboxylic acids is 1. The number of furan rings is 1. The van der Waals surface area contributed by atoms with Gasteiger partial charge in [-0.05, 0) is 31.2 Å². The summed E-state index contributed by atoms with van der Waals surface area (Å²) in [5.41, 5.74) is 3.49. The second kappa shape index (κ2) is 7.04. The zero-order valence-corrected chi connectivity index (χ0v) is 16.4. The minimum absolute atomic E-state index is 0.241. The van der Waals surface area contributed by atoms with E-state index in [9.17, 15) is 4.79 Å². The van der Waals surface area contributed by atoms with Crippen LogP contribution < -0.4 is 10.1 Å². The molecule has 0 aliphatic rings. The number of aromatic nitrogens is 3. The van der Waals surface area contributed by atoms with Gasteiger partial charge in [-0.15, -0.1) is 5.10 Å². The Morgan fingerprint density at radius 3 is 2.53 bits per heavy atom. The Bertz CT molecular complexity index is 1390. The number of anilines is 1. The van der Waals surface area contributed by atoms with Crippen molar-refractivity contribution in [3.8, 4) is 11.4 Å². The van der Waals surface area contributed by atoms with E-state index in [1.165, 1.54) is 4.80 Å². The van der Waals surface area contributed by atoms with E-state index in [1.807, 2.05) is 60.7 Å². The van der Waals surface area contributed by atoms with Gasteiger partial charge in [-0.25, -0.2) is 0 Å². The van der Waals surface area contributed by atoms with Gasteiger partial charge in [0.05, 0.1) is 24.2 Å². The number of hydrogen-bond donors (Lipinski definition) is 1. The number of benzene rings is 3. The largest absolute Gasteiger partial charge is 0.495 e. The number of carbonyl (C=O) groups is 1. The first-order valence-corrected chi connectivity index (χ1v) is 9.44. The van der Waals surface area contributed by atoms with Crippen LogP contribution in [0.4, 0.5) is 5.69 Å². The van der Waals surface area contributed by atoms with Crippen molar-refractivity contribution in [1.29, 1.82) is 0 Å². The molecule has 0 saturated heterocycles. The number of amides is 1. The van der Waals surface area contributed by atoms with E-state index in [4.69, 9.17) is 9.15 Å². The quantitative estimate of drug-likeness (QED) is 0.473. The van der Waals surface area contributed by atoms with Crippen molar-refractivity contribution in [3.63, 3.8) is 0 Å². The summed E-state index contributed by atoms with van der Waals surface area (Å²) in [6.45, 7) is 1.75. The van der Waals surface area contributed by atoms with Gasteiger partial charge in [0.1, 0.15) is 16.9 Å². The Morgan fingerprint density at radius 1 is 0.967 bits per heavy atom. The first kappa shape index (κ1) is 17.9. The number of fused-ring (bicyclic) bond motifs is 3. The lowest BCUT2D eigenvalue weighted by molar-refractivity contribution is 0.102. The maximum Gasteiger partial charge on any atom is 0.278 e. The van der Waals surface area contributed by atoms with Crippen molar-refractivity contribution in [3.05, 3.63) is 78.1 Å². The molecule has 30 heavy (non-hydrogen) atoms. The molecule has 0 aliphatic carbocycles. The summed E-state index contributed by atoms with van der Waals surface area (Å²) < 4.78 is 11.4. The van der Waals surface area contributed by atoms with Crippen molar-refractivity contribution in [2.45, 2.75) is 6.92 Å². The standard InChI is InChI=1S/C23H18N4O3/c1-14-22(26-27(25-14)15-8-4-3-5-9-15)23(28)24-18-13-20-17(12-21(18)29-2)16-10-6-7-11-19(16)30-20/h3-13H,1-2H3,(H,24,28). The van der Waals surface area contributed by atoms with Gasteiger partial charge in [0.15, 0.2) is 5.69 Å². The molecule has 0 unspecified atom stereocenters. The lowest BCUT2D eigenvalue weighted by atomic mass is 10.1. The van der Waals surface area contributed by atoms with Crippen LogP contribution in [-0.2, 0) is 0 Å². The molecule has 0 aliphatic heterocycles. The molecular weight excluding hydrogens is 380 g/mol. The van der Waals surface area contributed by atoms with Gasteiger partial charge in [-0.3, -0.25) is 4.79 Å². The van der Waals surface area contributed by atoms with Gasteiger partial charge in [0.25, 0.3) is 5.91 Å². The molecule has 7 nitrogen and oxygen atoms in total. The van der Waals surface area contributed by atoms with Crippen LogP contribution in [0.5, 0.6) is 5.75 Å². The predicted octanol–water partition coefficient (Wildman–Crippen LogP) is 4.74. The Kier molecular flexibility index (Phi) is 4.21. The summed E-state index contributed by atoms with van der Waals surface area (Å²) in [6, 6.07) is 20.8. The summed E-state index contributed by atoms with van der Waals surface area (Å²) in [7, 11) is 1.57. The summed E-state index contributed by atoms with van der Waals surface area (Å²) in [5, 5.41) is 13.5. The number of hydrogen-bond acceptors (Lipinski definition) is 5. The average molecular weight is 398 g/mol. The van der Waals surface area contributed by atoms with Crippen LogP contribution in [0.3, 0.4) is 0 Å². The van der Waals surface area contributed by atoms with Gasteiger partial charge in [-0.1, -0.05) is 36.4 Å². The van der Waals surface area contributed by atoms with Crippen molar-refractivity contribution < 1.29 is 13.9 Å². The number of ether oxygens (including phenoxy) is 1. The van der Waals surface area contributed by atoms with Crippen LogP contribution in [-0.4, -0.2) is 28.0 Å². The maximum absolute atomic E-state index is 12.9. The summed E-state index contributed by atoms with van der Waals surface area (Å²) in [5.74, 6) is 0.166. The Balaban J connectivity index is 1.51. The van der Waals surface area contributed by atoms with E-state index < -0.39 is 0 Å². The highest BCUT2D eigenvalue weighted by Crippen LogP contribution is 2.36. The number of nitrogens with one attached hydrogen (secondary N) is 1. The summed E-state index contributed by atoms with van der Waals surface area (Å²) in [4.78, 5) is 14.4. The minimum Gasteiger partial charge on any atom is -0.495 e. The van der Waals surface area contributed by atoms with Gasteiger partial charge >= 0.3 is 0 Å². The number of nitrogens with zero attached hydrogens (tertiary/aromatic N) is 3. The molecule has 0 radical (unpaired) electrons. The number of aryl methyl sites for hydroxylation is 1. The van der Waals surface area contributed by atoms with Crippen molar-refractivity contribution in [2.75, 3.05) is 12.4 Å². The third kappa shape index (κ3) is 2.97. The van der Waals surface area contributed by atoms with Crippen LogP contribution in [0.15, 0.2) is 71.1 Å². The zero-order chi connectivity index (χ0) is 20.7. The average Bonchev–Trinajstić information content (AvgIpc) is 3.33. The lowest BCUT2D eigenvalue weighted by Crippen LogP contribution is -2.15. The normalized spacial score (nSPS) is 11.1. The predicted molar refractivity (Wildman–Crippen MR) is 114 cm³/mol. The summed E-state index contributed by atoms with van der Waals surface area (Å²) >= 11 is 0. The maximum atomic E-state index is 12.9. The van der Waals surface area contributed by atoms with E-state index in [-0.39, 0.29) is 11.6 Å². The van der Waals surface area contributed by atoms with Crippen LogP contribution in [0.1, 0.15) is 16.2 Å². The van der Waals surface area contributed by atoms with E-state index in [0.29, 0.717) is 22.7 Å². The number of rotatable bonds is 4. The molecule has 1 N–H and O–H groups in total. The van der Waals surface area contributed by atoms with Gasteiger partial charge in [-0.2, -0.15) is 9.90 Å². The number of para-hydroxylation sites is 2. The molecule has 1 amide bonds. The topological polar surface area (TPSA) is 82.2 Å². The fraction of sp³-hybridized carbons (Fsp3) is 0.0870. The molecule has 0 atom stereocenters. The summed E-state index contributed by atoms with van der Waals surface area (Å²) in [6.07, 6.45) is 0. The molecule has 7 heteroatoms. The molecule has 5 rings (SSSR count). The first-order chi connectivity index (χ1) is 14.6. The molecule has 0 bridgehead atoms. The van der Waals surface area contributed by atoms with Crippen LogP contribution in [0, 0.1) is 6.92 Å². The van der Waals surface area contributed by atoms with Crippen LogP contribution in [0.25, 0.3) is 27.6 Å². The molecule has 2 heterocycles. The highest BCUT2D eigenvalue weighted by molar-refractivity contribution is 6.09. The SMILES string of the molecule is COc1cc2c(cc1NC(=O)c1nn(-c3ccccc3)nc1C)oc1ccccc12. The zero-order valence-electron chi connectivity index (χ0n) is 16.4. The second-order valence-electron chi connectivity index (χ2n) is 6.86. The molecule has 0 spiro atoms. The Morgan fingerprint density at radius 2 is 1.73 bits per heavy atom. The second-order valence-corrected chi connectivity index (χ2v) is 6.86. The molecule has 148 valence electrons. The van der Waals surface area contributed by atoms with Crippen molar-refractivity contribution >= 4 is 33.5 Å². The first-order valence-electron chi connectivity index (χ1n) is 9.44. The lowest BCUT2D eigenvalue weighted by Gasteiger charge is -2.09. The Labute approximate surface area is 171 Å². The van der Waals surface area contributed by atoms with E-state index in [1.54, 1.807) is 20.1 Å². The molecule has 0 fully saturated rings. The van der Waals surface area contributed by atoms with Crippen molar-refractivity contribution in [2.24, 2.45) is 0 Å². The third-order valence-corrected chi connectivity index (χ3v) is 4.93. The highest BCUT2D eigenvalue weighted by Gasteiger charge is 2.19. The highest BCUT2D eigenvalue weighted by atomic mass is 16.5. The smallest absolute Gasteiger partial charge is 0.278 e. The van der Waals surface area contributed by atoms with Crippen LogP contribution in [0.2, 0.25) is 0 Å². The van der Waals surface area contributed by atoms with E-state index in [2.05, 4.69) is 15.5 Å². The molecule has 3 aromatic carbocycles. The molecule has 5 aromatic rings. The molecule has 0 saturated carbocycles.